The quantitative estimate of drug-likeness (QED) is 0.807. The number of benzene rings is 2. The minimum atomic E-state index is -0.309. The number of nitrogens with zero attached hydrogens (tertiary/aromatic N) is 3. The fourth-order valence-corrected chi connectivity index (χ4v) is 2.37. The number of para-hydroxylation sites is 1. The van der Waals surface area contributed by atoms with Crippen molar-refractivity contribution < 1.29 is 0 Å². The molecule has 4 nitrogen and oxygen atoms in total. The maximum Gasteiger partial charge on any atom is 0.0858 e. The molecule has 0 radical (unpaired) electrons. The predicted molar refractivity (Wildman–Crippen MR) is 83.6 cm³/mol. The number of hydrogen-bond donors (Lipinski definition) is 1. The molecule has 2 aromatic carbocycles. The number of rotatable bonds is 3. The van der Waals surface area contributed by atoms with Gasteiger partial charge in [-0.25, -0.2) is 4.68 Å². The van der Waals surface area contributed by atoms with Crippen molar-refractivity contribution in [2.45, 2.75) is 13.0 Å². The van der Waals surface area contributed by atoms with E-state index in [0.717, 1.165) is 27.5 Å². The van der Waals surface area contributed by atoms with Gasteiger partial charge < -0.3 is 5.73 Å². The predicted octanol–water partition coefficient (Wildman–Crippen LogP) is 3.28. The highest BCUT2D eigenvalue weighted by molar-refractivity contribution is 6.31. The van der Waals surface area contributed by atoms with Crippen molar-refractivity contribution in [3.63, 3.8) is 0 Å². The lowest BCUT2D eigenvalue weighted by Crippen LogP contribution is -2.16. The molecule has 0 aliphatic carbocycles. The van der Waals surface area contributed by atoms with Gasteiger partial charge in [0, 0.05) is 5.02 Å². The molecule has 3 aromatic rings. The molecule has 0 saturated carbocycles. The Bertz CT molecular complexity index is 752. The van der Waals surface area contributed by atoms with Crippen LogP contribution in [0.1, 0.15) is 22.9 Å². The number of aryl methyl sites for hydroxylation is 1. The van der Waals surface area contributed by atoms with Gasteiger partial charge in [0.05, 0.1) is 23.6 Å². The normalized spacial score (nSPS) is 12.3. The zero-order valence-corrected chi connectivity index (χ0v) is 12.3. The van der Waals surface area contributed by atoms with Gasteiger partial charge in [-0.2, -0.15) is 0 Å². The minimum absolute atomic E-state index is 0.309. The molecule has 0 saturated heterocycles. The van der Waals surface area contributed by atoms with Gasteiger partial charge in [0.15, 0.2) is 0 Å². The van der Waals surface area contributed by atoms with Gasteiger partial charge in [0.1, 0.15) is 0 Å². The van der Waals surface area contributed by atoms with Crippen LogP contribution in [0.25, 0.3) is 5.69 Å². The lowest BCUT2D eigenvalue weighted by molar-refractivity contribution is 0.719. The van der Waals surface area contributed by atoms with E-state index >= 15 is 0 Å². The van der Waals surface area contributed by atoms with Crippen LogP contribution >= 0.6 is 11.6 Å². The lowest BCUT2D eigenvalue weighted by atomic mass is 10.0. The van der Waals surface area contributed by atoms with Crippen LogP contribution in [0.15, 0.2) is 54.7 Å². The van der Waals surface area contributed by atoms with Crippen molar-refractivity contribution in [3.05, 3.63) is 76.6 Å². The van der Waals surface area contributed by atoms with Gasteiger partial charge in [0.25, 0.3) is 0 Å². The summed E-state index contributed by atoms with van der Waals surface area (Å²) in [5, 5.41) is 8.86. The summed E-state index contributed by atoms with van der Waals surface area (Å²) in [6, 6.07) is 15.3. The van der Waals surface area contributed by atoms with E-state index in [1.54, 1.807) is 10.9 Å². The number of nitrogens with two attached hydrogens (primary N) is 1. The molecule has 106 valence electrons. The highest BCUT2D eigenvalue weighted by atomic mass is 35.5. The second kappa shape index (κ2) is 5.68. The average molecular weight is 299 g/mol. The summed E-state index contributed by atoms with van der Waals surface area (Å²) >= 11 is 6.07. The highest BCUT2D eigenvalue weighted by Gasteiger charge is 2.16. The summed E-state index contributed by atoms with van der Waals surface area (Å²) in [5.41, 5.74) is 10.1. The van der Waals surface area contributed by atoms with Crippen LogP contribution in [0.4, 0.5) is 0 Å². The average Bonchev–Trinajstić information content (AvgIpc) is 2.99. The smallest absolute Gasteiger partial charge is 0.0858 e. The topological polar surface area (TPSA) is 56.7 Å². The van der Waals surface area contributed by atoms with Crippen LogP contribution in [-0.4, -0.2) is 15.0 Å². The van der Waals surface area contributed by atoms with Crippen molar-refractivity contribution in [1.82, 2.24) is 15.0 Å². The fourth-order valence-electron chi connectivity index (χ4n) is 2.26. The van der Waals surface area contributed by atoms with Crippen LogP contribution in [0.5, 0.6) is 0 Å². The van der Waals surface area contributed by atoms with E-state index in [9.17, 15) is 0 Å². The Morgan fingerprint density at radius 3 is 2.62 bits per heavy atom. The van der Waals surface area contributed by atoms with Gasteiger partial charge >= 0.3 is 0 Å². The summed E-state index contributed by atoms with van der Waals surface area (Å²) in [4.78, 5) is 0. The molecule has 0 bridgehead atoms. The molecular formula is C16H15ClN4. The zero-order chi connectivity index (χ0) is 14.8. The Morgan fingerprint density at radius 2 is 1.90 bits per heavy atom. The van der Waals surface area contributed by atoms with E-state index in [4.69, 9.17) is 17.3 Å². The zero-order valence-electron chi connectivity index (χ0n) is 11.6. The monoisotopic (exact) mass is 298 g/mol. The van der Waals surface area contributed by atoms with E-state index in [0.29, 0.717) is 0 Å². The molecule has 3 rings (SSSR count). The number of halogens is 1. The molecule has 1 aromatic heterocycles. The van der Waals surface area contributed by atoms with Crippen molar-refractivity contribution in [3.8, 4) is 5.69 Å². The Morgan fingerprint density at radius 1 is 1.14 bits per heavy atom. The summed E-state index contributed by atoms with van der Waals surface area (Å²) in [6.45, 7) is 1.96. The molecule has 0 spiro atoms. The number of aromatic nitrogens is 3. The van der Waals surface area contributed by atoms with Crippen molar-refractivity contribution in [2.24, 2.45) is 5.73 Å². The SMILES string of the molecule is Cc1cc(C(N)c2cnnn2-c2ccccc2)ccc1Cl. The third-order valence-corrected chi connectivity index (χ3v) is 3.86. The number of hydrogen-bond acceptors (Lipinski definition) is 3. The minimum Gasteiger partial charge on any atom is -0.319 e. The summed E-state index contributed by atoms with van der Waals surface area (Å²) in [6.07, 6.45) is 1.70. The van der Waals surface area contributed by atoms with E-state index < -0.39 is 0 Å². The third kappa shape index (κ3) is 2.68. The Balaban J connectivity index is 2.01. The van der Waals surface area contributed by atoms with Crippen molar-refractivity contribution >= 4 is 11.6 Å². The largest absolute Gasteiger partial charge is 0.319 e. The Kier molecular flexibility index (Phi) is 3.73. The first-order chi connectivity index (χ1) is 10.2. The third-order valence-electron chi connectivity index (χ3n) is 3.44. The van der Waals surface area contributed by atoms with Gasteiger partial charge in [-0.3, -0.25) is 0 Å². The van der Waals surface area contributed by atoms with Crippen LogP contribution in [-0.2, 0) is 0 Å². The van der Waals surface area contributed by atoms with Crippen LogP contribution in [0, 0.1) is 6.92 Å². The van der Waals surface area contributed by atoms with E-state index in [1.807, 2.05) is 55.5 Å². The summed E-state index contributed by atoms with van der Waals surface area (Å²) < 4.78 is 1.76. The van der Waals surface area contributed by atoms with Gasteiger partial charge in [-0.1, -0.05) is 47.1 Å². The van der Waals surface area contributed by atoms with Crippen LogP contribution in [0.3, 0.4) is 0 Å². The highest BCUT2D eigenvalue weighted by Crippen LogP contribution is 2.24. The molecular weight excluding hydrogens is 284 g/mol. The van der Waals surface area contributed by atoms with Gasteiger partial charge in [0.2, 0.25) is 0 Å². The first-order valence-electron chi connectivity index (χ1n) is 6.64. The molecule has 5 heteroatoms. The molecule has 2 N–H and O–H groups in total. The van der Waals surface area contributed by atoms with Crippen molar-refractivity contribution in [2.75, 3.05) is 0 Å². The molecule has 0 aliphatic heterocycles. The standard InChI is InChI=1S/C16H15ClN4/c1-11-9-12(7-8-14(11)17)16(18)15-10-19-20-21(15)13-5-3-2-4-6-13/h2-10,16H,18H2,1H3. The Labute approximate surface area is 128 Å². The van der Waals surface area contributed by atoms with E-state index in [2.05, 4.69) is 10.3 Å². The molecule has 1 atom stereocenters. The Hall–Kier alpha value is -2.17. The van der Waals surface area contributed by atoms with Crippen LogP contribution < -0.4 is 5.73 Å². The molecule has 1 unspecified atom stereocenters. The molecule has 0 aliphatic rings. The van der Waals surface area contributed by atoms with E-state index in [1.165, 1.54) is 0 Å². The second-order valence-electron chi connectivity index (χ2n) is 4.89. The van der Waals surface area contributed by atoms with Crippen LogP contribution in [0.2, 0.25) is 5.02 Å². The first-order valence-corrected chi connectivity index (χ1v) is 7.02. The maximum absolute atomic E-state index is 6.37. The lowest BCUT2D eigenvalue weighted by Gasteiger charge is -2.14. The maximum atomic E-state index is 6.37. The summed E-state index contributed by atoms with van der Waals surface area (Å²) in [5.74, 6) is 0. The molecule has 1 heterocycles. The second-order valence-corrected chi connectivity index (χ2v) is 5.30. The molecule has 21 heavy (non-hydrogen) atoms. The molecule has 0 amide bonds. The van der Waals surface area contributed by atoms with Gasteiger partial charge in [-0.05, 0) is 36.2 Å². The first kappa shape index (κ1) is 13.8. The van der Waals surface area contributed by atoms with Gasteiger partial charge in [-0.15, -0.1) is 5.10 Å². The van der Waals surface area contributed by atoms with Crippen molar-refractivity contribution in [1.29, 1.82) is 0 Å². The van der Waals surface area contributed by atoms with E-state index in [-0.39, 0.29) is 6.04 Å². The fraction of sp³-hybridized carbons (Fsp3) is 0.125. The summed E-state index contributed by atoms with van der Waals surface area (Å²) in [7, 11) is 0. The molecule has 0 fully saturated rings.